The van der Waals surface area contributed by atoms with Gasteiger partial charge in [-0.1, -0.05) is 0 Å². The molecule has 2 rings (SSSR count). The molecule has 0 aliphatic carbocycles. The highest BCUT2D eigenvalue weighted by Crippen LogP contribution is 2.28. The molecule has 0 saturated carbocycles. The first kappa shape index (κ1) is 2.96. The minimum Gasteiger partial charge on any atom is -0.389 e. The Morgan fingerprint density at radius 1 is 1.92 bits per heavy atom. The van der Waals surface area contributed by atoms with Gasteiger partial charge in [-0.05, 0) is 22.0 Å². The van der Waals surface area contributed by atoms with Gasteiger partial charge in [-0.15, -0.1) is 0 Å². The summed E-state index contributed by atoms with van der Waals surface area (Å²) in [5.41, 5.74) is -0.429. The van der Waals surface area contributed by atoms with E-state index in [2.05, 4.69) is 20.9 Å². The Labute approximate surface area is 90.4 Å². The lowest BCUT2D eigenvalue weighted by Crippen LogP contribution is -2.50. The zero-order valence-corrected chi connectivity index (χ0v) is 7.31. The summed E-state index contributed by atoms with van der Waals surface area (Å²) >= 11 is 2.91. The number of anilines is 1. The van der Waals surface area contributed by atoms with E-state index < -0.39 is 43.1 Å². The van der Waals surface area contributed by atoms with Crippen molar-refractivity contribution in [3.05, 3.63) is 22.9 Å². The Kier molecular flexibility index (Phi) is 0.747. The van der Waals surface area contributed by atoms with Gasteiger partial charge in [0.25, 0.3) is 0 Å². The van der Waals surface area contributed by atoms with E-state index in [9.17, 15) is 5.11 Å². The van der Waals surface area contributed by atoms with Gasteiger partial charge in [0.2, 0.25) is 0 Å². The van der Waals surface area contributed by atoms with Crippen LogP contribution in [-0.2, 0) is 0 Å². The van der Waals surface area contributed by atoms with Gasteiger partial charge >= 0.3 is 0 Å². The molecular formula is C8H9BrN2O. The van der Waals surface area contributed by atoms with Crippen molar-refractivity contribution in [2.45, 2.75) is 6.08 Å². The molecule has 1 fully saturated rings. The zero-order valence-electron chi connectivity index (χ0n) is 13.7. The molecule has 1 aromatic rings. The number of hydrogen-bond donors (Lipinski definition) is 1. The van der Waals surface area contributed by atoms with Crippen molar-refractivity contribution in [1.29, 1.82) is 0 Å². The summed E-state index contributed by atoms with van der Waals surface area (Å²) in [5.74, 6) is 0. The third-order valence-corrected chi connectivity index (χ3v) is 1.80. The predicted octanol–water partition coefficient (Wildman–Crippen LogP) is 1.02. The molecule has 1 aliphatic rings. The maximum absolute atomic E-state index is 9.61. The average molecular weight is 237 g/mol. The molecule has 1 saturated heterocycles. The Bertz CT molecular complexity index is 548. The summed E-state index contributed by atoms with van der Waals surface area (Å²) in [4.78, 5) is 3.80. The van der Waals surface area contributed by atoms with E-state index in [-0.39, 0.29) is 4.47 Å². The Morgan fingerprint density at radius 3 is 3.42 bits per heavy atom. The molecule has 0 aromatic carbocycles. The molecule has 2 heterocycles. The molecule has 64 valence electrons. The van der Waals surface area contributed by atoms with E-state index in [0.29, 0.717) is 4.90 Å². The molecule has 1 aromatic heterocycles. The number of aliphatic hydroxyl groups is 1. The maximum atomic E-state index is 9.61. The number of aromatic nitrogens is 1. The molecule has 0 amide bonds. The fraction of sp³-hybridized carbons (Fsp3) is 0.375. The van der Waals surface area contributed by atoms with Crippen molar-refractivity contribution in [2.75, 3.05) is 17.9 Å². The molecule has 1 N–H and O–H groups in total. The van der Waals surface area contributed by atoms with Gasteiger partial charge in [0.15, 0.2) is 0 Å². The number of pyridine rings is 1. The number of β-amino-alcohol motifs (C(OH)–C–C–N with tert-alkyl or cyclic N) is 1. The standard InChI is InChI=1S/C8H9BrN2O/c9-7-3-10-2-1-8(7)11-4-6(12)5-11/h1-3,6,12H,4-5H2/i1D,2D,3D,4D2,5D2,6D. The Hall–Kier alpha value is -0.610. The van der Waals surface area contributed by atoms with Gasteiger partial charge in [-0.25, -0.2) is 0 Å². The van der Waals surface area contributed by atoms with Crippen LogP contribution in [0.2, 0.25) is 0 Å². The van der Waals surface area contributed by atoms with Gasteiger partial charge in [-0.2, -0.15) is 0 Å². The molecule has 1 aliphatic heterocycles. The van der Waals surface area contributed by atoms with Gasteiger partial charge in [0.1, 0.15) is 0 Å². The van der Waals surface area contributed by atoms with Crippen molar-refractivity contribution in [3.63, 3.8) is 0 Å². The van der Waals surface area contributed by atoms with Crippen molar-refractivity contribution in [2.24, 2.45) is 0 Å². The lowest BCUT2D eigenvalue weighted by Gasteiger charge is -2.38. The minimum absolute atomic E-state index is 0.179. The summed E-state index contributed by atoms with van der Waals surface area (Å²) in [6.45, 7) is -5.65. The largest absolute Gasteiger partial charge is 0.389 e. The molecule has 4 heteroatoms. The van der Waals surface area contributed by atoms with Gasteiger partial charge in [0.05, 0.1) is 27.2 Å². The SMILES string of the molecule is [2H]c1nc([2H])c(Br)c(N2C([2H])([2H])C([2H])(O)C2([2H])[2H])c1[2H]. The molecule has 0 bridgehead atoms. The maximum Gasteiger partial charge on any atom is 0.0889 e. The van der Waals surface area contributed by atoms with Crippen LogP contribution in [0.4, 0.5) is 5.69 Å². The highest BCUT2D eigenvalue weighted by molar-refractivity contribution is 9.10. The highest BCUT2D eigenvalue weighted by atomic mass is 79.9. The van der Waals surface area contributed by atoms with Crippen LogP contribution in [0.25, 0.3) is 0 Å². The van der Waals surface area contributed by atoms with Crippen LogP contribution in [0.3, 0.4) is 0 Å². The first-order valence-corrected chi connectivity index (χ1v) is 3.82. The van der Waals surface area contributed by atoms with Crippen LogP contribution in [-0.4, -0.2) is 29.2 Å². The number of nitrogens with zero attached hydrogens (tertiary/aromatic N) is 2. The Morgan fingerprint density at radius 2 is 2.67 bits per heavy atom. The lowest BCUT2D eigenvalue weighted by molar-refractivity contribution is 0.142. The fourth-order valence-electron chi connectivity index (χ4n) is 0.743. The normalized spacial score (nSPS) is 38.3. The summed E-state index contributed by atoms with van der Waals surface area (Å²) in [7, 11) is 0. The summed E-state index contributed by atoms with van der Waals surface area (Å²) in [6, 6.07) is -0.601. The van der Waals surface area contributed by atoms with Crippen molar-refractivity contribution < 1.29 is 16.1 Å². The van der Waals surface area contributed by atoms with Crippen molar-refractivity contribution in [1.82, 2.24) is 4.98 Å². The highest BCUT2D eigenvalue weighted by Gasteiger charge is 2.25. The summed E-state index contributed by atoms with van der Waals surface area (Å²) in [5, 5.41) is 9.61. The van der Waals surface area contributed by atoms with Crippen LogP contribution < -0.4 is 4.90 Å². The third kappa shape index (κ3) is 1.32. The molecule has 3 nitrogen and oxygen atoms in total. The van der Waals surface area contributed by atoms with E-state index >= 15 is 0 Å². The van der Waals surface area contributed by atoms with Crippen LogP contribution in [0.1, 0.15) is 11.0 Å². The van der Waals surface area contributed by atoms with E-state index in [4.69, 9.17) is 11.0 Å². The Balaban J connectivity index is 2.71. The molecule has 12 heavy (non-hydrogen) atoms. The smallest absolute Gasteiger partial charge is 0.0889 e. The summed E-state index contributed by atoms with van der Waals surface area (Å²) in [6.07, 6.45) is -4.13. The molecule has 0 spiro atoms. The third-order valence-electron chi connectivity index (χ3n) is 1.25. The zero-order chi connectivity index (χ0) is 15.7. The van der Waals surface area contributed by atoms with Gasteiger partial charge < -0.3 is 10.0 Å². The van der Waals surface area contributed by atoms with E-state index in [1.165, 1.54) is 0 Å². The first-order valence-electron chi connectivity index (χ1n) is 7.03. The summed E-state index contributed by atoms with van der Waals surface area (Å²) < 4.78 is 60.3. The van der Waals surface area contributed by atoms with E-state index in [0.717, 1.165) is 0 Å². The predicted molar refractivity (Wildman–Crippen MR) is 50.2 cm³/mol. The van der Waals surface area contributed by atoms with Gasteiger partial charge in [-0.3, -0.25) is 4.98 Å². The van der Waals surface area contributed by atoms with E-state index in [1.54, 1.807) is 0 Å². The quantitative estimate of drug-likeness (QED) is 0.792. The average Bonchev–Trinajstić information content (AvgIpc) is 2.30. The second-order valence-electron chi connectivity index (χ2n) is 2.03. The fourth-order valence-corrected chi connectivity index (χ4v) is 1.11. The van der Waals surface area contributed by atoms with Crippen LogP contribution in [0.5, 0.6) is 0 Å². The minimum atomic E-state index is -3.04. The van der Waals surface area contributed by atoms with Crippen molar-refractivity contribution in [3.8, 4) is 0 Å². The number of hydrogen-bond acceptors (Lipinski definition) is 3. The van der Waals surface area contributed by atoms with Gasteiger partial charge in [0, 0.05) is 25.3 Å². The molecule has 0 atom stereocenters. The monoisotopic (exact) mass is 236 g/mol. The number of halogens is 1. The van der Waals surface area contributed by atoms with E-state index in [1.807, 2.05) is 0 Å². The van der Waals surface area contributed by atoms with Crippen molar-refractivity contribution >= 4 is 21.6 Å². The molecule has 0 unspecified atom stereocenters. The molecular weight excluding hydrogens is 220 g/mol. The second kappa shape index (κ2) is 3.03. The number of rotatable bonds is 1. The first-order chi connectivity index (χ1) is 8.87. The van der Waals surface area contributed by atoms with Crippen LogP contribution in [0.15, 0.2) is 22.9 Å². The van der Waals surface area contributed by atoms with Crippen LogP contribution in [0, 0.1) is 0 Å². The second-order valence-corrected chi connectivity index (χ2v) is 2.82. The molecule has 0 radical (unpaired) electrons. The lowest BCUT2D eigenvalue weighted by atomic mass is 10.1. The topological polar surface area (TPSA) is 36.4 Å². The van der Waals surface area contributed by atoms with Crippen LogP contribution >= 0.6 is 15.9 Å².